The number of ether oxygens (including phenoxy) is 1. The molecule has 0 spiro atoms. The molecule has 31 heavy (non-hydrogen) atoms. The number of nitrogens with zero attached hydrogens (tertiary/aromatic N) is 2. The van der Waals surface area contributed by atoms with Crippen molar-refractivity contribution in [3.63, 3.8) is 0 Å². The van der Waals surface area contributed by atoms with Gasteiger partial charge in [0.2, 0.25) is 0 Å². The molecule has 1 amide bonds. The average molecular weight is 418 g/mol. The number of benzene rings is 1. The van der Waals surface area contributed by atoms with Crippen LogP contribution >= 0.6 is 0 Å². The largest absolute Gasteiger partial charge is 0.507 e. The summed E-state index contributed by atoms with van der Waals surface area (Å²) in [4.78, 5) is 31.6. The van der Waals surface area contributed by atoms with E-state index in [-0.39, 0.29) is 17.9 Å². The summed E-state index contributed by atoms with van der Waals surface area (Å²) in [6.07, 6.45) is 3.93. The lowest BCUT2D eigenvalue weighted by Crippen LogP contribution is -2.29. The molecule has 0 aliphatic carbocycles. The van der Waals surface area contributed by atoms with Crippen molar-refractivity contribution in [2.45, 2.75) is 25.9 Å². The van der Waals surface area contributed by atoms with E-state index in [1.807, 2.05) is 6.92 Å². The number of hydrogen-bond donors (Lipinski definition) is 1. The van der Waals surface area contributed by atoms with Crippen molar-refractivity contribution in [3.05, 3.63) is 89.6 Å². The Morgan fingerprint density at radius 3 is 2.74 bits per heavy atom. The SMILES string of the molecule is CCCOc1cccc(/C(O)=C2/C(=O)C(=O)N(Cc3ccco3)C2c2ccccn2)c1. The van der Waals surface area contributed by atoms with Crippen LogP contribution in [0.25, 0.3) is 5.76 Å². The molecule has 1 fully saturated rings. The molecule has 7 heteroatoms. The maximum atomic E-state index is 13.0. The third-order valence-electron chi connectivity index (χ3n) is 4.99. The van der Waals surface area contributed by atoms with Gasteiger partial charge in [-0.2, -0.15) is 0 Å². The average Bonchev–Trinajstić information content (AvgIpc) is 3.40. The first-order valence-corrected chi connectivity index (χ1v) is 10.0. The summed E-state index contributed by atoms with van der Waals surface area (Å²) < 4.78 is 11.0. The highest BCUT2D eigenvalue weighted by Gasteiger charge is 2.47. The smallest absolute Gasteiger partial charge is 0.296 e. The lowest BCUT2D eigenvalue weighted by atomic mass is 9.98. The second kappa shape index (κ2) is 8.87. The fourth-order valence-electron chi connectivity index (χ4n) is 3.57. The molecule has 1 aliphatic rings. The van der Waals surface area contributed by atoms with E-state index in [1.165, 1.54) is 11.2 Å². The summed E-state index contributed by atoms with van der Waals surface area (Å²) in [6, 6.07) is 14.7. The molecule has 1 atom stereocenters. The van der Waals surface area contributed by atoms with Gasteiger partial charge in [0.1, 0.15) is 23.3 Å². The van der Waals surface area contributed by atoms with Crippen molar-refractivity contribution in [1.29, 1.82) is 0 Å². The van der Waals surface area contributed by atoms with Gasteiger partial charge in [0.15, 0.2) is 0 Å². The Morgan fingerprint density at radius 1 is 1.16 bits per heavy atom. The van der Waals surface area contributed by atoms with E-state index in [1.54, 1.807) is 60.8 Å². The molecule has 1 aliphatic heterocycles. The molecule has 4 rings (SSSR count). The van der Waals surface area contributed by atoms with Crippen molar-refractivity contribution in [2.24, 2.45) is 0 Å². The molecule has 1 aromatic carbocycles. The molecule has 158 valence electrons. The maximum absolute atomic E-state index is 13.0. The Hall–Kier alpha value is -3.87. The summed E-state index contributed by atoms with van der Waals surface area (Å²) in [6.45, 7) is 2.61. The fourth-order valence-corrected chi connectivity index (χ4v) is 3.57. The van der Waals surface area contributed by atoms with E-state index in [9.17, 15) is 14.7 Å². The van der Waals surface area contributed by atoms with Crippen LogP contribution in [0, 0.1) is 0 Å². The molecule has 0 radical (unpaired) electrons. The lowest BCUT2D eigenvalue weighted by molar-refractivity contribution is -0.140. The molecular weight excluding hydrogens is 396 g/mol. The van der Waals surface area contributed by atoms with Crippen molar-refractivity contribution in [3.8, 4) is 5.75 Å². The molecule has 1 saturated heterocycles. The number of aromatic nitrogens is 1. The van der Waals surface area contributed by atoms with Gasteiger partial charge < -0.3 is 19.2 Å². The first-order chi connectivity index (χ1) is 15.1. The van der Waals surface area contributed by atoms with Gasteiger partial charge in [0, 0.05) is 11.8 Å². The molecule has 0 bridgehead atoms. The topological polar surface area (TPSA) is 92.9 Å². The molecule has 2 aromatic heterocycles. The summed E-state index contributed by atoms with van der Waals surface area (Å²) in [5.41, 5.74) is 0.863. The van der Waals surface area contributed by atoms with E-state index in [0.717, 1.165) is 6.42 Å². The number of likely N-dealkylation sites (tertiary alicyclic amines) is 1. The molecular formula is C24H22N2O5. The Kier molecular flexibility index (Phi) is 5.84. The maximum Gasteiger partial charge on any atom is 0.296 e. The Balaban J connectivity index is 1.80. The van der Waals surface area contributed by atoms with Gasteiger partial charge in [-0.1, -0.05) is 25.1 Å². The third kappa shape index (κ3) is 4.07. The normalized spacial score (nSPS) is 17.8. The van der Waals surface area contributed by atoms with Gasteiger partial charge in [-0.15, -0.1) is 0 Å². The molecule has 1 unspecified atom stereocenters. The summed E-state index contributed by atoms with van der Waals surface area (Å²) in [7, 11) is 0. The molecule has 3 heterocycles. The van der Waals surface area contributed by atoms with Crippen molar-refractivity contribution < 1.29 is 23.8 Å². The zero-order valence-corrected chi connectivity index (χ0v) is 17.0. The minimum absolute atomic E-state index is 0.0112. The number of carbonyl (C=O) groups is 2. The van der Waals surface area contributed by atoms with Crippen LogP contribution in [0.2, 0.25) is 0 Å². The first-order valence-electron chi connectivity index (χ1n) is 10.0. The predicted octanol–water partition coefficient (Wildman–Crippen LogP) is 4.09. The van der Waals surface area contributed by atoms with Crippen molar-refractivity contribution in [1.82, 2.24) is 9.88 Å². The number of furan rings is 1. The van der Waals surface area contributed by atoms with E-state index < -0.39 is 17.7 Å². The Bertz CT molecular complexity index is 1110. The van der Waals surface area contributed by atoms with Crippen LogP contribution in [0.5, 0.6) is 5.75 Å². The van der Waals surface area contributed by atoms with E-state index in [4.69, 9.17) is 9.15 Å². The number of pyridine rings is 1. The minimum atomic E-state index is -0.841. The van der Waals surface area contributed by atoms with E-state index in [0.29, 0.717) is 29.4 Å². The second-order valence-electron chi connectivity index (χ2n) is 7.14. The lowest BCUT2D eigenvalue weighted by Gasteiger charge is -2.23. The van der Waals surface area contributed by atoms with Gasteiger partial charge in [-0.25, -0.2) is 0 Å². The fraction of sp³-hybridized carbons (Fsp3) is 0.208. The van der Waals surface area contributed by atoms with Crippen LogP contribution in [-0.4, -0.2) is 33.3 Å². The van der Waals surface area contributed by atoms with Gasteiger partial charge in [-0.3, -0.25) is 14.6 Å². The summed E-state index contributed by atoms with van der Waals surface area (Å²) in [5, 5.41) is 11.1. The van der Waals surface area contributed by atoms with Crippen LogP contribution in [0.1, 0.15) is 36.4 Å². The zero-order valence-electron chi connectivity index (χ0n) is 17.0. The minimum Gasteiger partial charge on any atom is -0.507 e. The molecule has 3 aromatic rings. The number of rotatable bonds is 7. The first kappa shape index (κ1) is 20.4. The monoisotopic (exact) mass is 418 g/mol. The highest BCUT2D eigenvalue weighted by Crippen LogP contribution is 2.39. The van der Waals surface area contributed by atoms with Gasteiger partial charge in [-0.05, 0) is 42.8 Å². The van der Waals surface area contributed by atoms with Crippen LogP contribution < -0.4 is 4.74 Å². The van der Waals surface area contributed by atoms with E-state index in [2.05, 4.69) is 4.98 Å². The van der Waals surface area contributed by atoms with Crippen LogP contribution in [0.15, 0.2) is 77.0 Å². The molecule has 7 nitrogen and oxygen atoms in total. The summed E-state index contributed by atoms with van der Waals surface area (Å²) >= 11 is 0. The number of Topliss-reactive ketones (excluding diaryl/α,β-unsaturated/α-hetero) is 1. The van der Waals surface area contributed by atoms with Gasteiger partial charge >= 0.3 is 0 Å². The van der Waals surface area contributed by atoms with Gasteiger partial charge in [0.05, 0.1) is 30.7 Å². The third-order valence-corrected chi connectivity index (χ3v) is 4.99. The van der Waals surface area contributed by atoms with Gasteiger partial charge in [0.25, 0.3) is 11.7 Å². The predicted molar refractivity (Wildman–Crippen MR) is 113 cm³/mol. The molecule has 0 saturated carbocycles. The Labute approximate surface area is 179 Å². The van der Waals surface area contributed by atoms with Crippen molar-refractivity contribution in [2.75, 3.05) is 6.61 Å². The number of carbonyl (C=O) groups excluding carboxylic acids is 2. The number of aliphatic hydroxyl groups excluding tert-OH is 1. The summed E-state index contributed by atoms with van der Waals surface area (Å²) in [5.74, 6) is -0.646. The highest BCUT2D eigenvalue weighted by molar-refractivity contribution is 6.46. The highest BCUT2D eigenvalue weighted by atomic mass is 16.5. The zero-order chi connectivity index (χ0) is 21.8. The van der Waals surface area contributed by atoms with Crippen LogP contribution in [0.3, 0.4) is 0 Å². The number of aliphatic hydroxyl groups is 1. The quantitative estimate of drug-likeness (QED) is 0.353. The van der Waals surface area contributed by atoms with E-state index >= 15 is 0 Å². The van der Waals surface area contributed by atoms with Crippen LogP contribution in [-0.2, 0) is 16.1 Å². The van der Waals surface area contributed by atoms with Crippen molar-refractivity contribution >= 4 is 17.4 Å². The second-order valence-corrected chi connectivity index (χ2v) is 7.14. The number of ketones is 1. The standard InChI is InChI=1S/C24H22N2O5/c1-2-12-30-17-8-5-7-16(14-17)22(27)20-21(19-10-3-4-11-25-19)26(24(29)23(20)28)15-18-9-6-13-31-18/h3-11,13-14,21,27H,2,12,15H2,1H3/b22-20-. The number of amides is 1. The Morgan fingerprint density at radius 2 is 2.03 bits per heavy atom. The van der Waals surface area contributed by atoms with Crippen LogP contribution in [0.4, 0.5) is 0 Å². The number of hydrogen-bond acceptors (Lipinski definition) is 6. The molecule has 1 N–H and O–H groups in total.